The Morgan fingerprint density at radius 2 is 1.56 bits per heavy atom. The summed E-state index contributed by atoms with van der Waals surface area (Å²) in [6.07, 6.45) is -1.30. The average Bonchev–Trinajstić information content (AvgIpc) is 2.81. The first-order valence-electron chi connectivity index (χ1n) is 9.59. The number of hydrogen-bond acceptors (Lipinski definition) is 8. The summed E-state index contributed by atoms with van der Waals surface area (Å²) in [5, 5.41) is 13.6. The third kappa shape index (κ3) is 6.11. The first-order chi connectivity index (χ1) is 15.3. The maximum atomic E-state index is 13.0. The summed E-state index contributed by atoms with van der Waals surface area (Å²) in [6, 6.07) is 12.7. The molecule has 32 heavy (non-hydrogen) atoms. The zero-order chi connectivity index (χ0) is 23.7. The van der Waals surface area contributed by atoms with Crippen molar-refractivity contribution in [3.63, 3.8) is 0 Å². The van der Waals surface area contributed by atoms with Crippen molar-refractivity contribution in [2.75, 3.05) is 21.3 Å². The second-order valence-electron chi connectivity index (χ2n) is 6.77. The molecule has 0 bridgehead atoms. The molecule has 0 heterocycles. The second-order valence-corrected chi connectivity index (χ2v) is 6.77. The molecule has 3 atom stereocenters. The average molecular weight is 444 g/mol. The molecular weight excluding hydrogens is 420 g/mol. The van der Waals surface area contributed by atoms with E-state index in [0.29, 0.717) is 11.1 Å². The molecule has 0 aromatic heterocycles. The van der Waals surface area contributed by atoms with Crippen LogP contribution < -0.4 is 5.32 Å². The Balaban J connectivity index is 2.41. The van der Waals surface area contributed by atoms with Gasteiger partial charge in [0.05, 0.1) is 25.6 Å². The van der Waals surface area contributed by atoms with E-state index in [1.54, 1.807) is 30.3 Å². The van der Waals surface area contributed by atoms with E-state index in [9.17, 15) is 24.5 Å². The Hall–Kier alpha value is -3.79. The third-order valence-corrected chi connectivity index (χ3v) is 4.88. The van der Waals surface area contributed by atoms with Crippen LogP contribution in [0.15, 0.2) is 54.6 Å². The normalized spacial score (nSPS) is 13.3. The van der Waals surface area contributed by atoms with Crippen LogP contribution in [0.5, 0.6) is 0 Å². The zero-order valence-corrected chi connectivity index (χ0v) is 17.8. The number of hydrogen-bond donors (Lipinski definition) is 1. The number of non-ortho nitro benzene ring substituents is 1. The second kappa shape index (κ2) is 11.6. The third-order valence-electron chi connectivity index (χ3n) is 4.88. The first-order valence-corrected chi connectivity index (χ1v) is 9.59. The van der Waals surface area contributed by atoms with E-state index in [0.717, 1.165) is 7.11 Å². The van der Waals surface area contributed by atoms with E-state index in [4.69, 9.17) is 14.2 Å². The lowest BCUT2D eigenvalue weighted by Gasteiger charge is -2.27. The van der Waals surface area contributed by atoms with Gasteiger partial charge < -0.3 is 19.5 Å². The first kappa shape index (κ1) is 24.5. The highest BCUT2D eigenvalue weighted by atomic mass is 16.6. The quantitative estimate of drug-likeness (QED) is 0.335. The maximum Gasteiger partial charge on any atom is 0.329 e. The molecule has 1 amide bonds. The minimum Gasteiger partial charge on any atom is -0.469 e. The van der Waals surface area contributed by atoms with Crippen LogP contribution in [-0.2, 0) is 28.6 Å². The van der Waals surface area contributed by atoms with Crippen molar-refractivity contribution in [3.05, 3.63) is 75.8 Å². The molecule has 0 aliphatic carbocycles. The number of nitrogens with one attached hydrogen (secondary N) is 1. The fraction of sp³-hybridized carbons (Fsp3) is 0.318. The number of nitro groups is 1. The van der Waals surface area contributed by atoms with Gasteiger partial charge in [-0.3, -0.25) is 19.7 Å². The van der Waals surface area contributed by atoms with Crippen molar-refractivity contribution in [3.8, 4) is 0 Å². The fourth-order valence-electron chi connectivity index (χ4n) is 3.24. The van der Waals surface area contributed by atoms with Gasteiger partial charge >= 0.3 is 11.9 Å². The van der Waals surface area contributed by atoms with Crippen molar-refractivity contribution in [2.45, 2.75) is 24.5 Å². The number of amides is 1. The monoisotopic (exact) mass is 444 g/mol. The molecule has 170 valence electrons. The standard InChI is InChI=1S/C22H24N2O8/c1-30-18(25)13-17(14-9-11-16(12-10-14)24(28)29)19(22(27)32-3)23-21(26)20(31-2)15-7-5-4-6-8-15/h4-12,17,19-20H,13H2,1-3H3,(H,23,26)/t17-,19-,20+/m0/s1. The molecule has 10 nitrogen and oxygen atoms in total. The summed E-state index contributed by atoms with van der Waals surface area (Å²) in [4.78, 5) is 48.1. The van der Waals surface area contributed by atoms with Crippen LogP contribution in [0.25, 0.3) is 0 Å². The SMILES string of the molecule is COC(=O)C[C@@H](c1ccc([N+](=O)[O-])cc1)[C@H](NC(=O)[C@H](OC)c1ccccc1)C(=O)OC. The number of rotatable bonds is 10. The number of nitrogens with zero attached hydrogens (tertiary/aromatic N) is 1. The molecular formula is C22H24N2O8. The van der Waals surface area contributed by atoms with Crippen LogP contribution in [0.4, 0.5) is 5.69 Å². The van der Waals surface area contributed by atoms with Crippen LogP contribution in [0.1, 0.15) is 29.6 Å². The Labute approximate surface area is 184 Å². The van der Waals surface area contributed by atoms with E-state index in [2.05, 4.69) is 5.32 Å². The maximum absolute atomic E-state index is 13.0. The van der Waals surface area contributed by atoms with Crippen molar-refractivity contribution in [1.82, 2.24) is 5.32 Å². The van der Waals surface area contributed by atoms with Crippen LogP contribution in [0.2, 0.25) is 0 Å². The van der Waals surface area contributed by atoms with Crippen molar-refractivity contribution in [1.29, 1.82) is 0 Å². The number of ether oxygens (including phenoxy) is 3. The lowest BCUT2D eigenvalue weighted by Crippen LogP contribution is -2.48. The summed E-state index contributed by atoms with van der Waals surface area (Å²) in [6.45, 7) is 0. The molecule has 0 saturated carbocycles. The van der Waals surface area contributed by atoms with Gasteiger partial charge in [-0.15, -0.1) is 0 Å². The van der Waals surface area contributed by atoms with Gasteiger partial charge in [-0.05, 0) is 11.1 Å². The number of nitro benzene ring substituents is 1. The molecule has 0 unspecified atom stereocenters. The van der Waals surface area contributed by atoms with Crippen LogP contribution in [0, 0.1) is 10.1 Å². The van der Waals surface area contributed by atoms with Crippen LogP contribution in [-0.4, -0.2) is 50.1 Å². The topological polar surface area (TPSA) is 134 Å². The van der Waals surface area contributed by atoms with Gasteiger partial charge in [0.1, 0.15) is 6.04 Å². The van der Waals surface area contributed by atoms with E-state index < -0.39 is 40.8 Å². The highest BCUT2D eigenvalue weighted by Gasteiger charge is 2.36. The number of esters is 2. The van der Waals surface area contributed by atoms with Gasteiger partial charge in [0.2, 0.25) is 0 Å². The molecule has 1 N–H and O–H groups in total. The molecule has 0 radical (unpaired) electrons. The molecule has 2 aromatic rings. The Kier molecular flexibility index (Phi) is 8.84. The van der Waals surface area contributed by atoms with Gasteiger partial charge in [0.25, 0.3) is 11.6 Å². The number of carbonyl (C=O) groups is 3. The van der Waals surface area contributed by atoms with Gasteiger partial charge in [-0.2, -0.15) is 0 Å². The Morgan fingerprint density at radius 3 is 2.06 bits per heavy atom. The number of carbonyl (C=O) groups excluding carboxylic acids is 3. The van der Waals surface area contributed by atoms with Gasteiger partial charge in [0, 0.05) is 25.2 Å². The smallest absolute Gasteiger partial charge is 0.329 e. The lowest BCUT2D eigenvalue weighted by molar-refractivity contribution is -0.384. The highest BCUT2D eigenvalue weighted by molar-refractivity contribution is 5.89. The zero-order valence-electron chi connectivity index (χ0n) is 17.8. The minimum absolute atomic E-state index is 0.159. The van der Waals surface area contributed by atoms with E-state index in [-0.39, 0.29) is 12.1 Å². The van der Waals surface area contributed by atoms with Gasteiger partial charge in [-0.1, -0.05) is 42.5 Å². The summed E-state index contributed by atoms with van der Waals surface area (Å²) in [7, 11) is 3.70. The molecule has 0 aliphatic rings. The molecule has 0 aliphatic heterocycles. The summed E-state index contributed by atoms with van der Waals surface area (Å²) in [5.41, 5.74) is 0.814. The number of methoxy groups -OCH3 is 3. The van der Waals surface area contributed by atoms with Gasteiger partial charge in [-0.25, -0.2) is 4.79 Å². The predicted octanol–water partition coefficient (Wildman–Crippen LogP) is 2.29. The minimum atomic E-state index is -1.28. The van der Waals surface area contributed by atoms with Crippen LogP contribution >= 0.6 is 0 Å². The molecule has 0 saturated heterocycles. The Bertz CT molecular complexity index is 946. The predicted molar refractivity (Wildman–Crippen MR) is 113 cm³/mol. The summed E-state index contributed by atoms with van der Waals surface area (Å²) < 4.78 is 14.9. The van der Waals surface area contributed by atoms with E-state index in [1.165, 1.54) is 38.5 Å². The Morgan fingerprint density at radius 1 is 0.938 bits per heavy atom. The molecule has 0 spiro atoms. The molecule has 2 aromatic carbocycles. The van der Waals surface area contributed by atoms with Crippen molar-refractivity contribution >= 4 is 23.5 Å². The molecule has 0 fully saturated rings. The largest absolute Gasteiger partial charge is 0.469 e. The van der Waals surface area contributed by atoms with Crippen molar-refractivity contribution < 1.29 is 33.5 Å². The van der Waals surface area contributed by atoms with Crippen LogP contribution in [0.3, 0.4) is 0 Å². The number of benzene rings is 2. The lowest BCUT2D eigenvalue weighted by atomic mass is 9.88. The van der Waals surface area contributed by atoms with E-state index in [1.807, 2.05) is 0 Å². The fourth-order valence-corrected chi connectivity index (χ4v) is 3.24. The highest BCUT2D eigenvalue weighted by Crippen LogP contribution is 2.28. The van der Waals surface area contributed by atoms with Gasteiger partial charge in [0.15, 0.2) is 6.10 Å². The van der Waals surface area contributed by atoms with E-state index >= 15 is 0 Å². The summed E-state index contributed by atoms with van der Waals surface area (Å²) >= 11 is 0. The van der Waals surface area contributed by atoms with Crippen molar-refractivity contribution in [2.24, 2.45) is 0 Å². The molecule has 10 heteroatoms. The summed E-state index contributed by atoms with van der Waals surface area (Å²) in [5.74, 6) is -2.96. The molecule has 2 rings (SSSR count).